The molecule has 1 unspecified atom stereocenters. The van der Waals surface area contributed by atoms with Crippen LogP contribution in [-0.2, 0) is 11.2 Å². The summed E-state index contributed by atoms with van der Waals surface area (Å²) in [5.74, 6) is 0.282. The fourth-order valence-corrected chi connectivity index (χ4v) is 5.13. The van der Waals surface area contributed by atoms with Crippen LogP contribution >= 0.6 is 0 Å². The van der Waals surface area contributed by atoms with Gasteiger partial charge in [0, 0.05) is 24.2 Å². The third-order valence-electron chi connectivity index (χ3n) is 6.92. The van der Waals surface area contributed by atoms with E-state index in [4.69, 9.17) is 24.8 Å². The number of nitriles is 1. The van der Waals surface area contributed by atoms with Crippen molar-refractivity contribution in [3.05, 3.63) is 65.4 Å². The van der Waals surface area contributed by atoms with E-state index in [9.17, 15) is 18.4 Å². The van der Waals surface area contributed by atoms with Crippen LogP contribution in [0.3, 0.4) is 0 Å². The second kappa shape index (κ2) is 12.5. The summed E-state index contributed by atoms with van der Waals surface area (Å²) in [6.07, 6.45) is 2.65. The Hall–Kier alpha value is -3.98. The van der Waals surface area contributed by atoms with Crippen LogP contribution in [0.4, 0.5) is 13.2 Å². The number of pyridine rings is 1. The molecule has 0 bridgehead atoms. The van der Waals surface area contributed by atoms with Crippen molar-refractivity contribution < 1.29 is 27.8 Å². The van der Waals surface area contributed by atoms with Gasteiger partial charge < -0.3 is 15.2 Å². The standard InChI is InChI=1S/C26H30N6O.C2HF3O2/c1-17(2)29-22-12-9-20-15-18(16-27)6-13-23(20)32-25(30-31-26(22)32)19-7-10-21(11-8-19)33-24-5-3-4-14-28-24;3-2(4,5)1(6)7/h3-6,13-15,17,19,21-22,29H,7-12H2,1-2H3;(H,6,7). The van der Waals surface area contributed by atoms with E-state index in [1.807, 2.05) is 30.3 Å². The largest absolute Gasteiger partial charge is 0.490 e. The number of nitrogens with zero attached hydrogens (tertiary/aromatic N) is 5. The topological polar surface area (TPSA) is 126 Å². The smallest absolute Gasteiger partial charge is 0.475 e. The van der Waals surface area contributed by atoms with Gasteiger partial charge in [0.1, 0.15) is 11.9 Å². The van der Waals surface area contributed by atoms with Gasteiger partial charge in [-0.3, -0.25) is 4.57 Å². The van der Waals surface area contributed by atoms with Crippen molar-refractivity contribution in [3.8, 4) is 17.6 Å². The molecule has 1 aliphatic carbocycles. The number of halogens is 3. The number of aliphatic carboxylic acids is 1. The molecule has 0 saturated heterocycles. The van der Waals surface area contributed by atoms with Gasteiger partial charge in [-0.1, -0.05) is 19.9 Å². The van der Waals surface area contributed by atoms with Crippen LogP contribution in [0, 0.1) is 11.3 Å². The lowest BCUT2D eigenvalue weighted by molar-refractivity contribution is -0.192. The van der Waals surface area contributed by atoms with Gasteiger partial charge in [-0.25, -0.2) is 9.78 Å². The molecule has 5 rings (SSSR count). The first kappa shape index (κ1) is 29.0. The highest BCUT2D eigenvalue weighted by Crippen LogP contribution is 2.38. The highest BCUT2D eigenvalue weighted by molar-refractivity contribution is 5.73. The molecule has 1 aliphatic heterocycles. The van der Waals surface area contributed by atoms with Crippen LogP contribution in [0.2, 0.25) is 0 Å². The number of fused-ring (bicyclic) bond motifs is 3. The minimum absolute atomic E-state index is 0.132. The van der Waals surface area contributed by atoms with Crippen LogP contribution < -0.4 is 10.1 Å². The summed E-state index contributed by atoms with van der Waals surface area (Å²) < 4.78 is 40.1. The van der Waals surface area contributed by atoms with E-state index < -0.39 is 12.1 Å². The molecule has 212 valence electrons. The van der Waals surface area contributed by atoms with Crippen LogP contribution in [-0.4, -0.2) is 49.1 Å². The number of aromatic nitrogens is 4. The van der Waals surface area contributed by atoms with E-state index in [0.717, 1.165) is 55.9 Å². The van der Waals surface area contributed by atoms with Gasteiger partial charge in [-0.15, -0.1) is 10.2 Å². The molecule has 2 N–H and O–H groups in total. The Morgan fingerprint density at radius 3 is 2.42 bits per heavy atom. The lowest BCUT2D eigenvalue weighted by atomic mass is 9.86. The number of carbonyl (C=O) groups is 1. The Morgan fingerprint density at radius 2 is 1.82 bits per heavy atom. The van der Waals surface area contributed by atoms with Crippen LogP contribution in [0.1, 0.15) is 80.7 Å². The molecule has 3 aromatic rings. The number of carboxylic acid groups (broad SMARTS) is 1. The van der Waals surface area contributed by atoms with Crippen molar-refractivity contribution in [2.75, 3.05) is 0 Å². The van der Waals surface area contributed by atoms with Gasteiger partial charge in [0.2, 0.25) is 5.88 Å². The van der Waals surface area contributed by atoms with Gasteiger partial charge in [-0.2, -0.15) is 18.4 Å². The molecule has 0 spiro atoms. The van der Waals surface area contributed by atoms with Gasteiger partial charge in [0.05, 0.1) is 23.4 Å². The summed E-state index contributed by atoms with van der Waals surface area (Å²) in [4.78, 5) is 13.2. The molecule has 12 heteroatoms. The maximum atomic E-state index is 10.6. The van der Waals surface area contributed by atoms with E-state index >= 15 is 0 Å². The van der Waals surface area contributed by atoms with Crippen LogP contribution in [0.25, 0.3) is 5.69 Å². The molecule has 1 aromatic carbocycles. The lowest BCUT2D eigenvalue weighted by Gasteiger charge is -2.28. The zero-order chi connectivity index (χ0) is 28.9. The van der Waals surface area contributed by atoms with Gasteiger partial charge in [0.25, 0.3) is 0 Å². The Bertz CT molecular complexity index is 1350. The number of alkyl halides is 3. The first-order chi connectivity index (χ1) is 19.1. The molecule has 3 heterocycles. The monoisotopic (exact) mass is 556 g/mol. The fourth-order valence-electron chi connectivity index (χ4n) is 5.13. The fraction of sp³-hybridized carbons (Fsp3) is 0.464. The van der Waals surface area contributed by atoms with Gasteiger partial charge in [0.15, 0.2) is 5.82 Å². The average Bonchev–Trinajstić information content (AvgIpc) is 3.30. The van der Waals surface area contributed by atoms with E-state index in [1.54, 1.807) is 6.20 Å². The summed E-state index contributed by atoms with van der Waals surface area (Å²) in [7, 11) is 0. The van der Waals surface area contributed by atoms with Gasteiger partial charge >= 0.3 is 12.1 Å². The van der Waals surface area contributed by atoms with E-state index in [0.29, 0.717) is 23.4 Å². The Morgan fingerprint density at radius 1 is 1.12 bits per heavy atom. The Kier molecular flexibility index (Phi) is 9.04. The van der Waals surface area contributed by atoms with Crippen LogP contribution in [0.15, 0.2) is 42.6 Å². The quantitative estimate of drug-likeness (QED) is 0.436. The molecule has 9 nitrogen and oxygen atoms in total. The molecule has 2 aromatic heterocycles. The van der Waals surface area contributed by atoms with Crippen molar-refractivity contribution in [2.24, 2.45) is 0 Å². The number of hydrogen-bond acceptors (Lipinski definition) is 7. The highest BCUT2D eigenvalue weighted by Gasteiger charge is 2.38. The van der Waals surface area contributed by atoms with Crippen molar-refractivity contribution in [2.45, 2.75) is 82.7 Å². The molecular weight excluding hydrogens is 525 g/mol. The van der Waals surface area contributed by atoms with E-state index in [1.165, 1.54) is 5.56 Å². The first-order valence-corrected chi connectivity index (χ1v) is 13.2. The Balaban J connectivity index is 0.000000470. The second-order valence-electron chi connectivity index (χ2n) is 10.2. The zero-order valence-corrected chi connectivity index (χ0v) is 22.2. The number of rotatable bonds is 5. The zero-order valence-electron chi connectivity index (χ0n) is 22.2. The van der Waals surface area contributed by atoms with E-state index in [2.05, 4.69) is 40.9 Å². The van der Waals surface area contributed by atoms with Crippen LogP contribution in [0.5, 0.6) is 5.88 Å². The number of carboxylic acids is 1. The highest BCUT2D eigenvalue weighted by atomic mass is 19.4. The van der Waals surface area contributed by atoms with Crippen molar-refractivity contribution in [3.63, 3.8) is 0 Å². The SMILES string of the molecule is CC(C)NC1CCc2cc(C#N)ccc2-n2c(C3CCC(Oc4ccccn4)CC3)nnc21.O=C(O)C(F)(F)F. The minimum atomic E-state index is -5.08. The molecule has 1 atom stereocenters. The summed E-state index contributed by atoms with van der Waals surface area (Å²) in [5, 5.41) is 29.6. The molecule has 2 aliphatic rings. The average molecular weight is 557 g/mol. The third-order valence-corrected chi connectivity index (χ3v) is 6.92. The maximum Gasteiger partial charge on any atom is 0.490 e. The maximum absolute atomic E-state index is 10.6. The van der Waals surface area contributed by atoms with Crippen molar-refractivity contribution in [1.29, 1.82) is 5.26 Å². The van der Waals surface area contributed by atoms with Gasteiger partial charge in [-0.05, 0) is 68.4 Å². The molecular formula is C28H31F3N6O3. The number of nitrogens with one attached hydrogen (secondary N) is 1. The number of ether oxygens (including phenoxy) is 1. The van der Waals surface area contributed by atoms with Crippen molar-refractivity contribution >= 4 is 5.97 Å². The Labute approximate surface area is 230 Å². The second-order valence-corrected chi connectivity index (χ2v) is 10.2. The summed E-state index contributed by atoms with van der Waals surface area (Å²) >= 11 is 0. The van der Waals surface area contributed by atoms with E-state index in [-0.39, 0.29) is 12.1 Å². The summed E-state index contributed by atoms with van der Waals surface area (Å²) in [6, 6.07) is 14.5. The summed E-state index contributed by atoms with van der Waals surface area (Å²) in [6.45, 7) is 4.33. The third kappa shape index (κ3) is 6.96. The first-order valence-electron chi connectivity index (χ1n) is 13.2. The predicted octanol–water partition coefficient (Wildman–Crippen LogP) is 5.26. The molecule has 0 amide bonds. The normalized spacial score (nSPS) is 20.3. The molecule has 40 heavy (non-hydrogen) atoms. The number of aryl methyl sites for hydroxylation is 1. The summed E-state index contributed by atoms with van der Waals surface area (Å²) in [5.41, 5.74) is 3.01. The predicted molar refractivity (Wildman–Crippen MR) is 139 cm³/mol. The molecule has 0 radical (unpaired) electrons. The molecule has 1 saturated carbocycles. The lowest BCUT2D eigenvalue weighted by Crippen LogP contribution is -2.30. The molecule has 1 fully saturated rings. The number of hydrogen-bond donors (Lipinski definition) is 2. The minimum Gasteiger partial charge on any atom is -0.475 e. The number of benzene rings is 1. The van der Waals surface area contributed by atoms with Crippen molar-refractivity contribution in [1.82, 2.24) is 25.1 Å².